The number of alkyl halides is 2. The molecule has 1 unspecified atom stereocenters. The van der Waals surface area contributed by atoms with Gasteiger partial charge in [0.05, 0.1) is 5.41 Å². The number of carbonyl (C=O) groups is 2. The lowest BCUT2D eigenvalue weighted by Gasteiger charge is -2.13. The predicted octanol–water partition coefficient (Wildman–Crippen LogP) is 3.17. The molecule has 1 aliphatic carbocycles. The number of benzene rings is 1. The summed E-state index contributed by atoms with van der Waals surface area (Å²) < 4.78 is -0.994. The molecule has 2 N–H and O–H groups in total. The fraction of sp³-hybridized carbons (Fsp3) is 0.385. The molecule has 1 atom stereocenters. The predicted molar refractivity (Wildman–Crippen MR) is 76.5 cm³/mol. The van der Waals surface area contributed by atoms with Crippen molar-refractivity contribution in [2.75, 3.05) is 10.6 Å². The average Bonchev–Trinajstić information content (AvgIpc) is 2.79. The third-order valence-corrected chi connectivity index (χ3v) is 4.30. The van der Waals surface area contributed by atoms with Gasteiger partial charge >= 0.3 is 0 Å². The number of hydrogen-bond donors (Lipinski definition) is 2. The van der Waals surface area contributed by atoms with Crippen LogP contribution in [0.2, 0.25) is 0 Å². The molecular formula is C13H14Cl2N2O2. The van der Waals surface area contributed by atoms with Crippen molar-refractivity contribution in [3.8, 4) is 0 Å². The van der Waals surface area contributed by atoms with E-state index in [1.165, 1.54) is 6.92 Å². The van der Waals surface area contributed by atoms with Crippen molar-refractivity contribution >= 4 is 46.4 Å². The van der Waals surface area contributed by atoms with Crippen LogP contribution in [-0.4, -0.2) is 16.1 Å². The van der Waals surface area contributed by atoms with E-state index in [-0.39, 0.29) is 11.8 Å². The maximum atomic E-state index is 12.1. The first-order valence-corrected chi connectivity index (χ1v) is 6.57. The summed E-state index contributed by atoms with van der Waals surface area (Å²) in [5.41, 5.74) is 0.447. The summed E-state index contributed by atoms with van der Waals surface area (Å²) in [5, 5.41) is 5.40. The van der Waals surface area contributed by atoms with Crippen molar-refractivity contribution in [1.29, 1.82) is 0 Å². The Morgan fingerprint density at radius 2 is 1.74 bits per heavy atom. The molecule has 1 fully saturated rings. The van der Waals surface area contributed by atoms with Crippen LogP contribution < -0.4 is 10.6 Å². The van der Waals surface area contributed by atoms with Gasteiger partial charge in [-0.2, -0.15) is 0 Å². The number of amides is 2. The molecule has 19 heavy (non-hydrogen) atoms. The zero-order chi connectivity index (χ0) is 14.3. The third-order valence-electron chi connectivity index (χ3n) is 3.20. The van der Waals surface area contributed by atoms with E-state index in [4.69, 9.17) is 23.2 Å². The van der Waals surface area contributed by atoms with Crippen LogP contribution in [-0.2, 0) is 9.59 Å². The van der Waals surface area contributed by atoms with Crippen LogP contribution in [0.3, 0.4) is 0 Å². The SMILES string of the molecule is CC(=O)Nc1cccc(NC(=O)C2(C)CC2(Cl)Cl)c1. The first-order valence-electron chi connectivity index (χ1n) is 5.81. The third kappa shape index (κ3) is 2.85. The Morgan fingerprint density at radius 3 is 2.21 bits per heavy atom. The molecule has 2 rings (SSSR count). The minimum absolute atomic E-state index is 0.168. The lowest BCUT2D eigenvalue weighted by molar-refractivity contribution is -0.120. The largest absolute Gasteiger partial charge is 0.326 e. The van der Waals surface area contributed by atoms with Gasteiger partial charge in [0.25, 0.3) is 0 Å². The molecule has 102 valence electrons. The van der Waals surface area contributed by atoms with Crippen LogP contribution in [0.1, 0.15) is 20.3 Å². The van der Waals surface area contributed by atoms with Crippen molar-refractivity contribution < 1.29 is 9.59 Å². The van der Waals surface area contributed by atoms with Crippen LogP contribution >= 0.6 is 23.2 Å². The smallest absolute Gasteiger partial charge is 0.233 e. The Labute approximate surface area is 121 Å². The second-order valence-electron chi connectivity index (χ2n) is 4.93. The quantitative estimate of drug-likeness (QED) is 0.842. The topological polar surface area (TPSA) is 58.2 Å². The molecule has 1 aliphatic rings. The van der Waals surface area contributed by atoms with Gasteiger partial charge in [-0.3, -0.25) is 9.59 Å². The highest BCUT2D eigenvalue weighted by atomic mass is 35.5. The van der Waals surface area contributed by atoms with E-state index in [2.05, 4.69) is 10.6 Å². The number of rotatable bonds is 3. The van der Waals surface area contributed by atoms with Crippen molar-refractivity contribution in [2.45, 2.75) is 24.6 Å². The summed E-state index contributed by atoms with van der Waals surface area (Å²) in [7, 11) is 0. The summed E-state index contributed by atoms with van der Waals surface area (Å²) in [5.74, 6) is -0.393. The Bertz CT molecular complexity index is 545. The van der Waals surface area contributed by atoms with Crippen LogP contribution in [0.25, 0.3) is 0 Å². The molecule has 6 heteroatoms. The second-order valence-corrected chi connectivity index (χ2v) is 6.41. The molecule has 2 amide bonds. The molecule has 0 spiro atoms. The minimum Gasteiger partial charge on any atom is -0.326 e. The molecular weight excluding hydrogens is 287 g/mol. The van der Waals surface area contributed by atoms with Crippen molar-refractivity contribution in [3.63, 3.8) is 0 Å². The second kappa shape index (κ2) is 4.69. The van der Waals surface area contributed by atoms with Gasteiger partial charge in [-0.25, -0.2) is 0 Å². The fourth-order valence-corrected chi connectivity index (χ4v) is 2.50. The first kappa shape index (κ1) is 14.2. The highest BCUT2D eigenvalue weighted by molar-refractivity contribution is 6.53. The van der Waals surface area contributed by atoms with Gasteiger partial charge in [0, 0.05) is 18.3 Å². The van der Waals surface area contributed by atoms with Gasteiger partial charge in [0.15, 0.2) is 0 Å². The summed E-state index contributed by atoms with van der Waals surface area (Å²) in [6, 6.07) is 6.89. The Morgan fingerprint density at radius 1 is 1.21 bits per heavy atom. The summed E-state index contributed by atoms with van der Waals surface area (Å²) in [4.78, 5) is 23.0. The van der Waals surface area contributed by atoms with Gasteiger partial charge in [-0.15, -0.1) is 23.2 Å². The van der Waals surface area contributed by atoms with E-state index in [0.29, 0.717) is 17.8 Å². The number of hydrogen-bond acceptors (Lipinski definition) is 2. The molecule has 1 saturated carbocycles. The molecule has 0 radical (unpaired) electrons. The fourth-order valence-electron chi connectivity index (χ4n) is 1.79. The molecule has 0 aromatic heterocycles. The highest BCUT2D eigenvalue weighted by Crippen LogP contribution is 2.64. The number of halogens is 2. The Kier molecular flexibility index (Phi) is 3.49. The maximum absolute atomic E-state index is 12.1. The number of carbonyl (C=O) groups excluding carboxylic acids is 2. The Hall–Kier alpha value is -1.26. The normalized spacial score (nSPS) is 23.6. The Balaban J connectivity index is 2.08. The van der Waals surface area contributed by atoms with Gasteiger partial charge in [0.2, 0.25) is 11.8 Å². The molecule has 1 aromatic rings. The summed E-state index contributed by atoms with van der Waals surface area (Å²) in [6.07, 6.45) is 0.431. The van der Waals surface area contributed by atoms with Crippen molar-refractivity contribution in [3.05, 3.63) is 24.3 Å². The van der Waals surface area contributed by atoms with Gasteiger partial charge < -0.3 is 10.6 Å². The van der Waals surface area contributed by atoms with Gasteiger partial charge in [-0.05, 0) is 31.5 Å². The van der Waals surface area contributed by atoms with Crippen LogP contribution in [0.4, 0.5) is 11.4 Å². The average molecular weight is 301 g/mol. The molecule has 0 bridgehead atoms. The van der Waals surface area contributed by atoms with Crippen LogP contribution in [0, 0.1) is 5.41 Å². The van der Waals surface area contributed by atoms with Crippen molar-refractivity contribution in [2.24, 2.45) is 5.41 Å². The summed E-state index contributed by atoms with van der Waals surface area (Å²) in [6.45, 7) is 3.14. The van der Waals surface area contributed by atoms with Crippen LogP contribution in [0.15, 0.2) is 24.3 Å². The molecule has 0 heterocycles. The number of anilines is 2. The lowest BCUT2D eigenvalue weighted by atomic mass is 10.1. The van der Waals surface area contributed by atoms with Crippen molar-refractivity contribution in [1.82, 2.24) is 0 Å². The monoisotopic (exact) mass is 300 g/mol. The van der Waals surface area contributed by atoms with E-state index in [9.17, 15) is 9.59 Å². The van der Waals surface area contributed by atoms with E-state index in [0.717, 1.165) is 0 Å². The number of nitrogens with one attached hydrogen (secondary N) is 2. The highest BCUT2D eigenvalue weighted by Gasteiger charge is 2.67. The van der Waals surface area contributed by atoms with Gasteiger partial charge in [-0.1, -0.05) is 6.07 Å². The molecule has 0 saturated heterocycles. The minimum atomic E-state index is -0.994. The van der Waals surface area contributed by atoms with E-state index in [1.807, 2.05) is 0 Å². The van der Waals surface area contributed by atoms with E-state index < -0.39 is 9.75 Å². The maximum Gasteiger partial charge on any atom is 0.233 e. The molecule has 0 aliphatic heterocycles. The van der Waals surface area contributed by atoms with E-state index in [1.54, 1.807) is 31.2 Å². The van der Waals surface area contributed by atoms with Gasteiger partial charge in [0.1, 0.15) is 4.33 Å². The standard InChI is InChI=1S/C13H14Cl2N2O2/c1-8(18)16-9-4-3-5-10(6-9)17-11(19)12(2)7-13(12,14)15/h3-6H,7H2,1-2H3,(H,16,18)(H,17,19). The molecule has 4 nitrogen and oxygen atoms in total. The lowest BCUT2D eigenvalue weighted by Crippen LogP contribution is -2.25. The first-order chi connectivity index (χ1) is 8.74. The summed E-state index contributed by atoms with van der Waals surface area (Å²) >= 11 is 11.9. The van der Waals surface area contributed by atoms with E-state index >= 15 is 0 Å². The zero-order valence-electron chi connectivity index (χ0n) is 10.6. The van der Waals surface area contributed by atoms with Crippen LogP contribution in [0.5, 0.6) is 0 Å². The molecule has 1 aromatic carbocycles. The zero-order valence-corrected chi connectivity index (χ0v) is 12.1.